The minimum absolute atomic E-state index is 0.0385. The van der Waals surface area contributed by atoms with Crippen LogP contribution in [-0.4, -0.2) is 52.1 Å². The van der Waals surface area contributed by atoms with E-state index in [1.807, 2.05) is 22.2 Å². The van der Waals surface area contributed by atoms with Crippen molar-refractivity contribution in [3.05, 3.63) is 82.7 Å². The Hall–Kier alpha value is -4.30. The lowest BCUT2D eigenvalue weighted by Gasteiger charge is -2.26. The lowest BCUT2D eigenvalue weighted by Crippen LogP contribution is -2.54. The number of anilines is 2. The molecule has 0 saturated heterocycles. The van der Waals surface area contributed by atoms with Gasteiger partial charge in [0.2, 0.25) is 11.8 Å². The quantitative estimate of drug-likeness (QED) is 0.317. The monoisotopic (exact) mass is 601 g/mol. The largest absolute Gasteiger partial charge is 0.481 e. The molecule has 0 fully saturated rings. The van der Waals surface area contributed by atoms with Crippen molar-refractivity contribution in [2.45, 2.75) is 18.9 Å². The lowest BCUT2D eigenvalue weighted by atomic mass is 10.0. The Morgan fingerprint density at radius 1 is 1.12 bits per heavy atom. The topological polar surface area (TPSA) is 121 Å². The van der Waals surface area contributed by atoms with Crippen LogP contribution < -0.4 is 24.0 Å². The predicted molar refractivity (Wildman–Crippen MR) is 152 cm³/mol. The Morgan fingerprint density at radius 3 is 2.61 bits per heavy atom. The van der Waals surface area contributed by atoms with E-state index in [0.29, 0.717) is 23.7 Å². The van der Waals surface area contributed by atoms with Crippen molar-refractivity contribution in [3.63, 3.8) is 0 Å². The van der Waals surface area contributed by atoms with Crippen LogP contribution in [0.25, 0.3) is 10.1 Å². The number of aromatic nitrogens is 1. The molecule has 1 aliphatic heterocycles. The average molecular weight is 602 g/mol. The van der Waals surface area contributed by atoms with E-state index in [-0.39, 0.29) is 30.2 Å². The van der Waals surface area contributed by atoms with E-state index in [0.717, 1.165) is 26.5 Å². The van der Waals surface area contributed by atoms with Gasteiger partial charge in [-0.15, -0.1) is 11.3 Å². The van der Waals surface area contributed by atoms with Crippen molar-refractivity contribution in [1.82, 2.24) is 15.0 Å². The number of nitrogens with one attached hydrogen (secondary N) is 2. The fraction of sp³-hybridized carbons (Fsp3) is 0.222. The van der Waals surface area contributed by atoms with Crippen LogP contribution in [0.5, 0.6) is 5.88 Å². The molecule has 5 rings (SSSR count). The highest BCUT2D eigenvalue weighted by Gasteiger charge is 2.34. The van der Waals surface area contributed by atoms with Crippen LogP contribution in [-0.2, 0) is 27.8 Å². The Balaban J connectivity index is 1.38. The first-order valence-corrected chi connectivity index (χ1v) is 14.7. The molecule has 0 radical (unpaired) electrons. The number of amides is 3. The fourth-order valence-electron chi connectivity index (χ4n) is 4.59. The van der Waals surface area contributed by atoms with E-state index in [1.54, 1.807) is 24.3 Å². The molecule has 2 aromatic carbocycles. The number of hydrogen-bond acceptors (Lipinski definition) is 7. The van der Waals surface area contributed by atoms with Crippen LogP contribution in [0.2, 0.25) is 0 Å². The number of carbonyl (C=O) groups excluding carboxylic acids is 2. The summed E-state index contributed by atoms with van der Waals surface area (Å²) in [5.74, 6) is -2.02. The number of ether oxygens (including phenoxy) is 1. The van der Waals surface area contributed by atoms with Gasteiger partial charge < -0.3 is 15.0 Å². The van der Waals surface area contributed by atoms with Crippen molar-refractivity contribution < 1.29 is 31.5 Å². The van der Waals surface area contributed by atoms with Crippen LogP contribution >= 0.6 is 11.3 Å². The van der Waals surface area contributed by atoms with Crippen LogP contribution in [0.4, 0.5) is 25.1 Å². The molecule has 41 heavy (non-hydrogen) atoms. The van der Waals surface area contributed by atoms with Crippen molar-refractivity contribution >= 4 is 55.1 Å². The van der Waals surface area contributed by atoms with Gasteiger partial charge in [-0.3, -0.25) is 4.79 Å². The van der Waals surface area contributed by atoms with Crippen molar-refractivity contribution in [2.75, 3.05) is 29.9 Å². The highest BCUT2D eigenvalue weighted by atomic mass is 32.2. The molecule has 2 aromatic heterocycles. The third kappa shape index (κ3) is 6.07. The molecule has 0 spiro atoms. The number of hydrogen-bond donors (Lipinski definition) is 2. The molecule has 2 N–H and O–H groups in total. The van der Waals surface area contributed by atoms with E-state index in [2.05, 4.69) is 10.3 Å². The molecule has 0 unspecified atom stereocenters. The second-order valence-corrected chi connectivity index (χ2v) is 11.9. The van der Waals surface area contributed by atoms with E-state index in [9.17, 15) is 26.8 Å². The number of benzene rings is 2. The van der Waals surface area contributed by atoms with Gasteiger partial charge in [-0.1, -0.05) is 0 Å². The summed E-state index contributed by atoms with van der Waals surface area (Å²) in [5, 5.41) is 5.20. The van der Waals surface area contributed by atoms with E-state index >= 15 is 0 Å². The first kappa shape index (κ1) is 28.2. The Kier molecular flexibility index (Phi) is 7.78. The number of urea groups is 1. The average Bonchev–Trinajstić information content (AvgIpc) is 3.57. The molecule has 0 bridgehead atoms. The number of halogens is 2. The van der Waals surface area contributed by atoms with E-state index in [1.165, 1.54) is 30.4 Å². The molecule has 4 aromatic rings. The highest BCUT2D eigenvalue weighted by Crippen LogP contribution is 2.30. The SMILES string of the molecule is COc1ccc2c(n1)N(S(=O)(=O)NC(=O)N[C@@H](Cc1cc(F)cc(F)c1)C(=O)N(C)c1ccc3sccc3c1)CC2. The predicted octanol–water partition coefficient (Wildman–Crippen LogP) is 3.76. The third-order valence-electron chi connectivity index (χ3n) is 6.59. The summed E-state index contributed by atoms with van der Waals surface area (Å²) in [6.07, 6.45) is 0.0672. The standard InChI is InChI=1S/C27H25F2N5O5S2/c1-33(21-4-5-23-18(14-21)8-10-40-23)26(35)22(13-16-11-19(28)15-20(29)12-16)30-27(36)32-41(37,38)34-9-7-17-3-6-24(39-2)31-25(17)34/h3-6,8,10-12,14-15,22H,7,9,13H2,1-2H3,(H2,30,32,36)/t22-/m0/s1. The van der Waals surface area contributed by atoms with Gasteiger partial charge in [0, 0.05) is 42.5 Å². The van der Waals surface area contributed by atoms with Gasteiger partial charge in [0.1, 0.15) is 17.7 Å². The zero-order valence-electron chi connectivity index (χ0n) is 21.9. The normalized spacial score (nSPS) is 13.5. The summed E-state index contributed by atoms with van der Waals surface area (Å²) in [6.45, 7) is 0.0385. The number of fused-ring (bicyclic) bond motifs is 2. The van der Waals surface area contributed by atoms with E-state index < -0.39 is 39.8 Å². The first-order chi connectivity index (χ1) is 19.5. The zero-order chi connectivity index (χ0) is 29.3. The summed E-state index contributed by atoms with van der Waals surface area (Å²) in [4.78, 5) is 32.1. The maximum absolute atomic E-state index is 13.9. The summed E-state index contributed by atoms with van der Waals surface area (Å²) < 4.78 is 63.1. The summed E-state index contributed by atoms with van der Waals surface area (Å²) >= 11 is 1.54. The van der Waals surface area contributed by atoms with E-state index in [4.69, 9.17) is 4.74 Å². The molecule has 1 atom stereocenters. The highest BCUT2D eigenvalue weighted by molar-refractivity contribution is 7.91. The van der Waals surface area contributed by atoms with Crippen LogP contribution in [0, 0.1) is 11.6 Å². The maximum Gasteiger partial charge on any atom is 0.330 e. The van der Waals surface area contributed by atoms with Crippen LogP contribution in [0.15, 0.2) is 60.0 Å². The minimum atomic E-state index is -4.44. The second-order valence-electron chi connectivity index (χ2n) is 9.31. The van der Waals surface area contributed by atoms with Crippen LogP contribution in [0.3, 0.4) is 0 Å². The number of pyridine rings is 1. The van der Waals surface area contributed by atoms with Gasteiger partial charge in [0.25, 0.3) is 0 Å². The molecule has 1 aliphatic rings. The summed E-state index contributed by atoms with van der Waals surface area (Å²) in [7, 11) is -1.55. The van der Waals surface area contributed by atoms with Crippen molar-refractivity contribution in [2.24, 2.45) is 0 Å². The summed E-state index contributed by atoms with van der Waals surface area (Å²) in [5.41, 5.74) is 1.26. The second kappa shape index (κ2) is 11.3. The number of carbonyl (C=O) groups is 2. The Labute approximate surface area is 238 Å². The number of nitrogens with zero attached hydrogens (tertiary/aromatic N) is 3. The number of rotatable bonds is 8. The van der Waals surface area contributed by atoms with Gasteiger partial charge in [-0.05, 0) is 70.8 Å². The van der Waals surface area contributed by atoms with Gasteiger partial charge in [-0.2, -0.15) is 13.4 Å². The fourth-order valence-corrected chi connectivity index (χ4v) is 6.49. The summed E-state index contributed by atoms with van der Waals surface area (Å²) in [6, 6.07) is 10.7. The van der Waals surface area contributed by atoms with Gasteiger partial charge in [0.15, 0.2) is 5.82 Å². The Bertz CT molecular complexity index is 1730. The molecule has 214 valence electrons. The number of likely N-dealkylation sites (N-methyl/N-ethyl adjacent to an activating group) is 1. The molecule has 3 heterocycles. The zero-order valence-corrected chi connectivity index (χ0v) is 23.6. The maximum atomic E-state index is 13.9. The molecular weight excluding hydrogens is 576 g/mol. The van der Waals surface area contributed by atoms with Crippen molar-refractivity contribution in [3.8, 4) is 5.88 Å². The van der Waals surface area contributed by atoms with Crippen LogP contribution in [0.1, 0.15) is 11.1 Å². The smallest absolute Gasteiger partial charge is 0.330 e. The molecule has 0 aliphatic carbocycles. The lowest BCUT2D eigenvalue weighted by molar-refractivity contribution is -0.120. The minimum Gasteiger partial charge on any atom is -0.481 e. The number of thiophene rings is 1. The van der Waals surface area contributed by atoms with Gasteiger partial charge in [0.05, 0.1) is 7.11 Å². The van der Waals surface area contributed by atoms with Gasteiger partial charge in [-0.25, -0.2) is 22.6 Å². The van der Waals surface area contributed by atoms with Crippen molar-refractivity contribution in [1.29, 1.82) is 0 Å². The molecular formula is C27H25F2N5O5S2. The first-order valence-electron chi connectivity index (χ1n) is 12.4. The molecule has 14 heteroatoms. The molecule has 10 nitrogen and oxygen atoms in total. The molecule has 0 saturated carbocycles. The number of methoxy groups -OCH3 is 1. The third-order valence-corrected chi connectivity index (χ3v) is 8.87. The van der Waals surface area contributed by atoms with Gasteiger partial charge >= 0.3 is 16.2 Å². The Morgan fingerprint density at radius 2 is 1.88 bits per heavy atom. The molecule has 3 amide bonds.